The number of amides is 1. The van der Waals surface area contributed by atoms with E-state index in [1.54, 1.807) is 30.3 Å². The van der Waals surface area contributed by atoms with Crippen LogP contribution in [0.1, 0.15) is 41.3 Å². The number of nitrogens with one attached hydrogen (secondary N) is 1. The molecule has 0 unspecified atom stereocenters. The van der Waals surface area contributed by atoms with Crippen LogP contribution in [0.3, 0.4) is 0 Å². The summed E-state index contributed by atoms with van der Waals surface area (Å²) in [5.74, 6) is -0.954. The van der Waals surface area contributed by atoms with Crippen LogP contribution in [0.2, 0.25) is 0 Å². The van der Waals surface area contributed by atoms with Crippen LogP contribution in [0, 0.1) is 0 Å². The number of carbonyl (C=O) groups excluding carboxylic acids is 3. The highest BCUT2D eigenvalue weighted by Gasteiger charge is 2.15. The monoisotopic (exact) mass is 384 g/mol. The Bertz CT molecular complexity index is 846. The van der Waals surface area contributed by atoms with Gasteiger partial charge < -0.3 is 20.5 Å². The number of carbonyl (C=O) groups is 3. The SMILES string of the molecule is COC(=O)CCCc1ccc(NC(=O)c2cc(CN)ccc2OC(C)=O)cc1. The van der Waals surface area contributed by atoms with Gasteiger partial charge in [-0.15, -0.1) is 0 Å². The molecule has 0 aliphatic heterocycles. The first kappa shape index (κ1) is 21.1. The Morgan fingerprint density at radius 2 is 1.71 bits per heavy atom. The number of esters is 2. The maximum absolute atomic E-state index is 12.7. The smallest absolute Gasteiger partial charge is 0.308 e. The summed E-state index contributed by atoms with van der Waals surface area (Å²) >= 11 is 0. The summed E-state index contributed by atoms with van der Waals surface area (Å²) in [5, 5.41) is 2.79. The van der Waals surface area contributed by atoms with Gasteiger partial charge in [0.25, 0.3) is 5.91 Å². The molecule has 1 amide bonds. The Kier molecular flexibility index (Phi) is 7.71. The number of anilines is 1. The molecule has 2 aromatic rings. The van der Waals surface area contributed by atoms with Gasteiger partial charge in [0.2, 0.25) is 0 Å². The molecule has 0 saturated carbocycles. The van der Waals surface area contributed by atoms with E-state index < -0.39 is 11.9 Å². The van der Waals surface area contributed by atoms with E-state index in [9.17, 15) is 14.4 Å². The van der Waals surface area contributed by atoms with Gasteiger partial charge >= 0.3 is 11.9 Å². The van der Waals surface area contributed by atoms with Crippen molar-refractivity contribution in [3.63, 3.8) is 0 Å². The predicted octanol–water partition coefficient (Wildman–Crippen LogP) is 2.82. The van der Waals surface area contributed by atoms with Crippen molar-refractivity contribution in [2.45, 2.75) is 32.7 Å². The molecule has 0 aliphatic carbocycles. The van der Waals surface area contributed by atoms with E-state index in [1.165, 1.54) is 14.0 Å². The Labute approximate surface area is 163 Å². The fraction of sp³-hybridized carbons (Fsp3) is 0.286. The molecule has 0 radical (unpaired) electrons. The lowest BCUT2D eigenvalue weighted by Gasteiger charge is -2.11. The minimum absolute atomic E-state index is 0.182. The van der Waals surface area contributed by atoms with E-state index >= 15 is 0 Å². The second-order valence-corrected chi connectivity index (χ2v) is 6.21. The number of nitrogens with two attached hydrogens (primary N) is 1. The van der Waals surface area contributed by atoms with E-state index in [1.807, 2.05) is 12.1 Å². The van der Waals surface area contributed by atoms with Crippen LogP contribution >= 0.6 is 0 Å². The number of aryl methyl sites for hydroxylation is 1. The number of hydrogen-bond acceptors (Lipinski definition) is 6. The molecule has 28 heavy (non-hydrogen) atoms. The van der Waals surface area contributed by atoms with Crippen LogP contribution in [-0.4, -0.2) is 25.0 Å². The highest BCUT2D eigenvalue weighted by atomic mass is 16.5. The van der Waals surface area contributed by atoms with Crippen molar-refractivity contribution in [2.75, 3.05) is 12.4 Å². The Morgan fingerprint density at radius 1 is 1.04 bits per heavy atom. The lowest BCUT2D eigenvalue weighted by atomic mass is 10.1. The van der Waals surface area contributed by atoms with Gasteiger partial charge in [0.15, 0.2) is 0 Å². The van der Waals surface area contributed by atoms with E-state index in [0.29, 0.717) is 18.5 Å². The third-order valence-electron chi connectivity index (χ3n) is 4.06. The molecular weight excluding hydrogens is 360 g/mol. The minimum Gasteiger partial charge on any atom is -0.469 e. The zero-order valence-corrected chi connectivity index (χ0v) is 16.0. The number of rotatable bonds is 8. The van der Waals surface area contributed by atoms with Gasteiger partial charge in [0.1, 0.15) is 5.75 Å². The summed E-state index contributed by atoms with van der Waals surface area (Å²) in [6, 6.07) is 12.2. The quantitative estimate of drug-likeness (QED) is 0.535. The van der Waals surface area contributed by atoms with Crippen molar-refractivity contribution in [1.29, 1.82) is 0 Å². The van der Waals surface area contributed by atoms with Gasteiger partial charge in [0, 0.05) is 25.6 Å². The second kappa shape index (κ2) is 10.2. The van der Waals surface area contributed by atoms with E-state index in [-0.39, 0.29) is 23.8 Å². The molecule has 2 aromatic carbocycles. The van der Waals surface area contributed by atoms with E-state index in [4.69, 9.17) is 10.5 Å². The normalized spacial score (nSPS) is 10.2. The third-order valence-corrected chi connectivity index (χ3v) is 4.06. The van der Waals surface area contributed by atoms with Crippen molar-refractivity contribution in [2.24, 2.45) is 5.73 Å². The molecule has 3 N–H and O–H groups in total. The van der Waals surface area contributed by atoms with Gasteiger partial charge in [-0.2, -0.15) is 0 Å². The average molecular weight is 384 g/mol. The van der Waals surface area contributed by atoms with Crippen LogP contribution in [-0.2, 0) is 27.3 Å². The fourth-order valence-electron chi connectivity index (χ4n) is 2.62. The lowest BCUT2D eigenvalue weighted by Crippen LogP contribution is -2.15. The Hall–Kier alpha value is -3.19. The highest BCUT2D eigenvalue weighted by Crippen LogP contribution is 2.22. The molecule has 2 rings (SSSR count). The molecular formula is C21H24N2O5. The van der Waals surface area contributed by atoms with Crippen molar-refractivity contribution < 1.29 is 23.9 Å². The van der Waals surface area contributed by atoms with Gasteiger partial charge in [0.05, 0.1) is 12.7 Å². The Morgan fingerprint density at radius 3 is 2.32 bits per heavy atom. The molecule has 7 nitrogen and oxygen atoms in total. The number of methoxy groups -OCH3 is 1. The summed E-state index contributed by atoms with van der Waals surface area (Å²) in [6.45, 7) is 1.54. The zero-order chi connectivity index (χ0) is 20.5. The molecule has 0 atom stereocenters. The topological polar surface area (TPSA) is 108 Å². The standard InChI is InChI=1S/C21H24N2O5/c1-14(24)28-19-11-8-16(13-22)12-18(19)21(26)23-17-9-6-15(7-10-17)4-3-5-20(25)27-2/h6-12H,3-5,13,22H2,1-2H3,(H,23,26). The first-order valence-electron chi connectivity index (χ1n) is 8.91. The number of benzene rings is 2. The molecule has 7 heteroatoms. The average Bonchev–Trinajstić information content (AvgIpc) is 2.69. The molecule has 0 fully saturated rings. The molecule has 0 spiro atoms. The molecule has 0 aliphatic rings. The number of hydrogen-bond donors (Lipinski definition) is 2. The van der Waals surface area contributed by atoms with Gasteiger partial charge in [-0.1, -0.05) is 18.2 Å². The maximum Gasteiger partial charge on any atom is 0.308 e. The summed E-state index contributed by atoms with van der Waals surface area (Å²) in [6.07, 6.45) is 1.79. The minimum atomic E-state index is -0.508. The Balaban J connectivity index is 2.06. The van der Waals surface area contributed by atoms with Gasteiger partial charge in [-0.25, -0.2) is 0 Å². The third kappa shape index (κ3) is 6.21. The first-order valence-corrected chi connectivity index (χ1v) is 8.91. The van der Waals surface area contributed by atoms with Crippen LogP contribution in [0.4, 0.5) is 5.69 Å². The van der Waals surface area contributed by atoms with Crippen molar-refractivity contribution in [1.82, 2.24) is 0 Å². The van der Waals surface area contributed by atoms with Crippen molar-refractivity contribution in [3.05, 3.63) is 59.2 Å². The summed E-state index contributed by atoms with van der Waals surface area (Å²) in [7, 11) is 1.37. The second-order valence-electron chi connectivity index (χ2n) is 6.21. The van der Waals surface area contributed by atoms with Crippen molar-refractivity contribution in [3.8, 4) is 5.75 Å². The van der Waals surface area contributed by atoms with Crippen LogP contribution in [0.5, 0.6) is 5.75 Å². The predicted molar refractivity (Wildman–Crippen MR) is 105 cm³/mol. The van der Waals surface area contributed by atoms with Crippen LogP contribution < -0.4 is 15.8 Å². The summed E-state index contributed by atoms with van der Waals surface area (Å²) in [5.41, 5.74) is 8.28. The maximum atomic E-state index is 12.7. The van der Waals surface area contributed by atoms with Gasteiger partial charge in [-0.05, 0) is 48.2 Å². The van der Waals surface area contributed by atoms with Crippen LogP contribution in [0.25, 0.3) is 0 Å². The summed E-state index contributed by atoms with van der Waals surface area (Å²) in [4.78, 5) is 35.1. The van der Waals surface area contributed by atoms with Crippen LogP contribution in [0.15, 0.2) is 42.5 Å². The molecule has 0 bridgehead atoms. The largest absolute Gasteiger partial charge is 0.469 e. The zero-order valence-electron chi connectivity index (χ0n) is 16.0. The van der Waals surface area contributed by atoms with E-state index in [2.05, 4.69) is 10.1 Å². The molecule has 0 aromatic heterocycles. The molecule has 0 saturated heterocycles. The van der Waals surface area contributed by atoms with E-state index in [0.717, 1.165) is 17.5 Å². The molecule has 148 valence electrons. The number of ether oxygens (including phenoxy) is 2. The fourth-order valence-corrected chi connectivity index (χ4v) is 2.62. The first-order chi connectivity index (χ1) is 13.4. The summed E-state index contributed by atoms with van der Waals surface area (Å²) < 4.78 is 9.73. The van der Waals surface area contributed by atoms with Crippen molar-refractivity contribution >= 4 is 23.5 Å². The molecule has 0 heterocycles. The lowest BCUT2D eigenvalue weighted by molar-refractivity contribution is -0.140. The highest BCUT2D eigenvalue weighted by molar-refractivity contribution is 6.06. The van der Waals surface area contributed by atoms with Gasteiger partial charge in [-0.3, -0.25) is 14.4 Å².